The van der Waals surface area contributed by atoms with Crippen molar-refractivity contribution in [1.29, 1.82) is 0 Å². The monoisotopic (exact) mass is 360 g/mol. The van der Waals surface area contributed by atoms with Crippen molar-refractivity contribution in [1.82, 2.24) is 23.9 Å². The van der Waals surface area contributed by atoms with E-state index in [0.29, 0.717) is 22.9 Å². The highest BCUT2D eigenvalue weighted by Crippen LogP contribution is 2.31. The Morgan fingerprint density at radius 3 is 2.67 bits per heavy atom. The van der Waals surface area contributed by atoms with Crippen molar-refractivity contribution in [2.75, 3.05) is 5.73 Å². The first kappa shape index (κ1) is 15.9. The second-order valence-electron chi connectivity index (χ2n) is 7.14. The summed E-state index contributed by atoms with van der Waals surface area (Å²) in [5.41, 5.74) is 9.07. The number of hydrogen-bond donors (Lipinski definition) is 2. The van der Waals surface area contributed by atoms with Crippen LogP contribution in [0.5, 0.6) is 5.75 Å². The van der Waals surface area contributed by atoms with Crippen molar-refractivity contribution >= 4 is 11.6 Å². The molecule has 27 heavy (non-hydrogen) atoms. The minimum absolute atomic E-state index is 0.184. The Morgan fingerprint density at radius 2 is 1.89 bits per heavy atom. The van der Waals surface area contributed by atoms with E-state index in [1.165, 1.54) is 19.3 Å². The Kier molecular flexibility index (Phi) is 3.60. The van der Waals surface area contributed by atoms with E-state index in [0.717, 1.165) is 23.7 Å². The van der Waals surface area contributed by atoms with E-state index in [4.69, 9.17) is 5.73 Å². The van der Waals surface area contributed by atoms with Gasteiger partial charge < -0.3 is 15.4 Å². The number of nitrogens with two attached hydrogens (primary N) is 1. The van der Waals surface area contributed by atoms with Crippen molar-refractivity contribution in [2.24, 2.45) is 5.92 Å². The van der Waals surface area contributed by atoms with Crippen molar-refractivity contribution < 1.29 is 5.11 Å². The van der Waals surface area contributed by atoms with Gasteiger partial charge in [-0.3, -0.25) is 4.40 Å². The third kappa shape index (κ3) is 2.81. The van der Waals surface area contributed by atoms with Crippen molar-refractivity contribution in [3.05, 3.63) is 49.2 Å². The standard InChI is InChI=1S/C20H20N6O/c21-19-15(16-10-25(12-22-16)8-13-4-3-5-13)9-26-11-17(23-20(26)24-19)14-6-1-2-7-18(14)27/h1-2,6-7,9-13,27H,3-5,8H2,(H2,21,23,24). The number of imidazole rings is 2. The molecule has 1 aliphatic rings. The summed E-state index contributed by atoms with van der Waals surface area (Å²) in [4.78, 5) is 13.4. The summed E-state index contributed by atoms with van der Waals surface area (Å²) >= 11 is 0. The number of hydrogen-bond acceptors (Lipinski definition) is 5. The lowest BCUT2D eigenvalue weighted by molar-refractivity contribution is 0.276. The summed E-state index contributed by atoms with van der Waals surface area (Å²) in [7, 11) is 0. The van der Waals surface area contributed by atoms with E-state index in [-0.39, 0.29) is 5.75 Å². The molecule has 0 spiro atoms. The van der Waals surface area contributed by atoms with Crippen LogP contribution in [0.25, 0.3) is 28.3 Å². The van der Waals surface area contributed by atoms with Crippen molar-refractivity contribution in [3.63, 3.8) is 0 Å². The maximum atomic E-state index is 10.1. The van der Waals surface area contributed by atoms with Crippen LogP contribution in [0.4, 0.5) is 5.82 Å². The van der Waals surface area contributed by atoms with Crippen LogP contribution in [0.1, 0.15) is 19.3 Å². The molecule has 7 nitrogen and oxygen atoms in total. The van der Waals surface area contributed by atoms with E-state index >= 15 is 0 Å². The van der Waals surface area contributed by atoms with E-state index in [2.05, 4.69) is 19.5 Å². The van der Waals surface area contributed by atoms with E-state index in [1.807, 2.05) is 41.5 Å². The number of para-hydroxylation sites is 1. The molecule has 1 aromatic carbocycles. The maximum absolute atomic E-state index is 10.1. The van der Waals surface area contributed by atoms with Gasteiger partial charge in [0.2, 0.25) is 5.78 Å². The molecule has 3 heterocycles. The molecule has 7 heteroatoms. The molecule has 0 unspecified atom stereocenters. The lowest BCUT2D eigenvalue weighted by Gasteiger charge is -2.25. The first-order valence-corrected chi connectivity index (χ1v) is 9.13. The summed E-state index contributed by atoms with van der Waals surface area (Å²) in [6.45, 7) is 1.01. The van der Waals surface area contributed by atoms with Gasteiger partial charge in [-0.1, -0.05) is 18.6 Å². The lowest BCUT2D eigenvalue weighted by Crippen LogP contribution is -2.16. The van der Waals surface area contributed by atoms with Gasteiger partial charge in [0.15, 0.2) is 0 Å². The average molecular weight is 360 g/mol. The molecular formula is C20H20N6O. The Bertz CT molecular complexity index is 1120. The van der Waals surface area contributed by atoms with Crippen molar-refractivity contribution in [3.8, 4) is 28.3 Å². The average Bonchev–Trinajstić information content (AvgIpc) is 3.24. The third-order valence-electron chi connectivity index (χ3n) is 5.26. The van der Waals surface area contributed by atoms with E-state index < -0.39 is 0 Å². The van der Waals surface area contributed by atoms with E-state index in [9.17, 15) is 5.11 Å². The van der Waals surface area contributed by atoms with Gasteiger partial charge in [0, 0.05) is 30.7 Å². The van der Waals surface area contributed by atoms with Crippen LogP contribution < -0.4 is 5.73 Å². The van der Waals surface area contributed by atoms with Gasteiger partial charge in [0.05, 0.1) is 23.3 Å². The molecule has 1 aliphatic carbocycles. The fourth-order valence-electron chi connectivity index (χ4n) is 3.52. The minimum atomic E-state index is 0.184. The number of phenols is 1. The predicted octanol–water partition coefficient (Wildman–Crippen LogP) is 3.35. The molecule has 0 aliphatic heterocycles. The Hall–Kier alpha value is -3.35. The molecule has 0 bridgehead atoms. The third-order valence-corrected chi connectivity index (χ3v) is 5.26. The van der Waals surface area contributed by atoms with Crippen LogP contribution in [0.2, 0.25) is 0 Å². The minimum Gasteiger partial charge on any atom is -0.507 e. The van der Waals surface area contributed by atoms with Crippen molar-refractivity contribution in [2.45, 2.75) is 25.8 Å². The summed E-state index contributed by atoms with van der Waals surface area (Å²) in [6, 6.07) is 7.11. The molecule has 0 amide bonds. The fourth-order valence-corrected chi connectivity index (χ4v) is 3.52. The lowest BCUT2D eigenvalue weighted by atomic mass is 9.85. The molecule has 1 fully saturated rings. The number of phenolic OH excluding ortho intramolecular Hbond substituents is 1. The molecule has 3 N–H and O–H groups in total. The zero-order chi connectivity index (χ0) is 18.4. The van der Waals surface area contributed by atoms with Gasteiger partial charge >= 0.3 is 0 Å². The second kappa shape index (κ2) is 6.12. The number of aromatic hydroxyl groups is 1. The number of aromatic nitrogens is 5. The fraction of sp³-hybridized carbons (Fsp3) is 0.250. The van der Waals surface area contributed by atoms with Gasteiger partial charge in [-0.2, -0.15) is 4.98 Å². The maximum Gasteiger partial charge on any atom is 0.236 e. The number of nitrogen functional groups attached to an aromatic ring is 1. The molecule has 136 valence electrons. The molecule has 0 saturated heterocycles. The van der Waals surface area contributed by atoms with Crippen LogP contribution in [-0.2, 0) is 6.54 Å². The number of rotatable bonds is 4. The summed E-state index contributed by atoms with van der Waals surface area (Å²) < 4.78 is 3.95. The smallest absolute Gasteiger partial charge is 0.236 e. The van der Waals surface area contributed by atoms with Gasteiger partial charge in [0.1, 0.15) is 11.6 Å². The van der Waals surface area contributed by atoms with Crippen LogP contribution in [0, 0.1) is 5.92 Å². The number of nitrogens with zero attached hydrogens (tertiary/aromatic N) is 5. The molecule has 0 radical (unpaired) electrons. The zero-order valence-electron chi connectivity index (χ0n) is 14.8. The van der Waals surface area contributed by atoms with Crippen LogP contribution in [-0.4, -0.2) is 29.0 Å². The molecule has 1 saturated carbocycles. The Balaban J connectivity index is 1.52. The topological polar surface area (TPSA) is 94.3 Å². The first-order valence-electron chi connectivity index (χ1n) is 9.13. The van der Waals surface area contributed by atoms with Gasteiger partial charge in [-0.25, -0.2) is 9.97 Å². The summed E-state index contributed by atoms with van der Waals surface area (Å²) in [6.07, 6.45) is 11.5. The van der Waals surface area contributed by atoms with Crippen LogP contribution in [0.15, 0.2) is 49.2 Å². The molecular weight excluding hydrogens is 340 g/mol. The molecule has 5 rings (SSSR count). The second-order valence-corrected chi connectivity index (χ2v) is 7.14. The largest absolute Gasteiger partial charge is 0.507 e. The quantitative estimate of drug-likeness (QED) is 0.582. The van der Waals surface area contributed by atoms with Gasteiger partial charge in [0.25, 0.3) is 0 Å². The Labute approximate surface area is 156 Å². The zero-order valence-corrected chi connectivity index (χ0v) is 14.8. The first-order chi connectivity index (χ1) is 13.2. The summed E-state index contributed by atoms with van der Waals surface area (Å²) in [5.74, 6) is 1.83. The number of anilines is 1. The molecule has 4 aromatic rings. The van der Waals surface area contributed by atoms with Crippen LogP contribution in [0.3, 0.4) is 0 Å². The number of fused-ring (bicyclic) bond motifs is 1. The SMILES string of the molecule is Nc1nc2nc(-c3ccccc3O)cn2cc1-c1cn(CC2CCC2)cn1. The Morgan fingerprint density at radius 1 is 1.04 bits per heavy atom. The highest BCUT2D eigenvalue weighted by Gasteiger charge is 2.19. The normalized spacial score (nSPS) is 14.5. The molecule has 3 aromatic heterocycles. The predicted molar refractivity (Wildman–Crippen MR) is 103 cm³/mol. The number of benzene rings is 1. The van der Waals surface area contributed by atoms with Gasteiger partial charge in [-0.05, 0) is 30.9 Å². The molecule has 0 atom stereocenters. The van der Waals surface area contributed by atoms with Crippen LogP contribution >= 0.6 is 0 Å². The summed E-state index contributed by atoms with van der Waals surface area (Å²) in [5, 5.41) is 10.1. The van der Waals surface area contributed by atoms with E-state index in [1.54, 1.807) is 12.1 Å². The highest BCUT2D eigenvalue weighted by atomic mass is 16.3. The van der Waals surface area contributed by atoms with Gasteiger partial charge in [-0.15, -0.1) is 0 Å². The highest BCUT2D eigenvalue weighted by molar-refractivity contribution is 5.73.